The average molecular weight is 891 g/mol. The SMILES string of the molecule is C=C/C(=C\C=C(/C)C(=O)N[C@@H](CCCCNC(=O)OC(C)(C)C)C(=O)N[C@@H](CCCCNC(=O)OC(C)(C)C)C(=O)N[C@@H](N)C(=O)N[C@@H](CC(C)C)C(=O)O)c1ccc(Cl)cc1. The first kappa shape index (κ1) is 54.6. The standard InChI is InChI=1S/C44H68ClN7O10/c1-11-29(30-20-22-31(45)23-21-30)19-18-28(4)36(53)49-32(16-12-14-24-47-41(59)61-43(5,6)7)37(54)50-33(17-13-15-25-48-42(60)62-44(8,9)10)38(55)52-35(46)39(56)51-34(40(57)58)26-27(2)3/h11,18-23,27,32-35H,1,12-17,24-26,46H2,2-10H3,(H,47,59)(H,48,60)(H,49,53)(H,50,54)(H,51,56)(H,52,55)(H,57,58)/b28-18+,29-19+/t32-,33-,34-,35+/m0/s1. The van der Waals surface area contributed by atoms with Gasteiger partial charge in [0.15, 0.2) is 6.17 Å². The van der Waals surface area contributed by atoms with Crippen LogP contribution in [-0.2, 0) is 33.4 Å². The zero-order chi connectivity index (χ0) is 47.2. The molecule has 1 rings (SSSR count). The summed E-state index contributed by atoms with van der Waals surface area (Å²) < 4.78 is 10.5. The summed E-state index contributed by atoms with van der Waals surface area (Å²) in [6.45, 7) is 19.8. The first-order valence-corrected chi connectivity index (χ1v) is 21.1. The van der Waals surface area contributed by atoms with Crippen molar-refractivity contribution in [1.29, 1.82) is 0 Å². The third-order valence-corrected chi connectivity index (χ3v) is 8.85. The van der Waals surface area contributed by atoms with Crippen molar-refractivity contribution in [2.24, 2.45) is 11.7 Å². The molecular formula is C44H68ClN7O10. The molecule has 0 spiro atoms. The van der Waals surface area contributed by atoms with E-state index in [-0.39, 0.29) is 43.8 Å². The molecule has 0 fully saturated rings. The number of hydrogen-bond acceptors (Lipinski definition) is 10. The Morgan fingerprint density at radius 2 is 1.19 bits per heavy atom. The van der Waals surface area contributed by atoms with Gasteiger partial charge in [0.25, 0.3) is 5.91 Å². The van der Waals surface area contributed by atoms with Gasteiger partial charge < -0.3 is 52.2 Å². The molecule has 0 aliphatic carbocycles. The van der Waals surface area contributed by atoms with E-state index in [1.54, 1.807) is 105 Å². The summed E-state index contributed by atoms with van der Waals surface area (Å²) in [7, 11) is 0. The molecule has 18 heteroatoms. The first-order valence-electron chi connectivity index (χ1n) is 20.7. The third-order valence-electron chi connectivity index (χ3n) is 8.60. The number of alkyl carbamates (subject to hydrolysis) is 2. The van der Waals surface area contributed by atoms with Crippen molar-refractivity contribution < 1.29 is 48.1 Å². The number of allylic oxidation sites excluding steroid dienone is 4. The monoisotopic (exact) mass is 889 g/mol. The van der Waals surface area contributed by atoms with E-state index < -0.39 is 77.3 Å². The molecule has 6 amide bonds. The molecule has 9 N–H and O–H groups in total. The van der Waals surface area contributed by atoms with E-state index >= 15 is 0 Å². The minimum absolute atomic E-state index is 0.0201. The zero-order valence-corrected chi connectivity index (χ0v) is 38.3. The maximum Gasteiger partial charge on any atom is 0.407 e. The minimum Gasteiger partial charge on any atom is -0.480 e. The van der Waals surface area contributed by atoms with Crippen LogP contribution in [0.4, 0.5) is 9.59 Å². The van der Waals surface area contributed by atoms with Crippen LogP contribution in [0.3, 0.4) is 0 Å². The second-order valence-corrected chi connectivity index (χ2v) is 17.6. The van der Waals surface area contributed by atoms with Crippen molar-refractivity contribution in [3.63, 3.8) is 0 Å². The van der Waals surface area contributed by atoms with Crippen LogP contribution in [0.2, 0.25) is 5.02 Å². The molecule has 0 aliphatic heterocycles. The number of hydrogen-bond donors (Lipinski definition) is 8. The van der Waals surface area contributed by atoms with E-state index in [0.29, 0.717) is 36.3 Å². The summed E-state index contributed by atoms with van der Waals surface area (Å²) in [4.78, 5) is 90.2. The van der Waals surface area contributed by atoms with Crippen LogP contribution in [-0.4, -0.2) is 95.5 Å². The fraction of sp³-hybridized carbons (Fsp3) is 0.568. The Hall–Kier alpha value is -5.42. The largest absolute Gasteiger partial charge is 0.480 e. The summed E-state index contributed by atoms with van der Waals surface area (Å²) in [5.74, 6) is -4.43. The molecule has 1 aromatic carbocycles. The molecule has 17 nitrogen and oxygen atoms in total. The summed E-state index contributed by atoms with van der Waals surface area (Å²) >= 11 is 6.03. The van der Waals surface area contributed by atoms with Gasteiger partial charge in [-0.1, -0.05) is 62.4 Å². The number of halogens is 1. The molecule has 0 aromatic heterocycles. The molecule has 1 aromatic rings. The van der Waals surface area contributed by atoms with Crippen molar-refractivity contribution in [2.45, 2.75) is 143 Å². The lowest BCUT2D eigenvalue weighted by Crippen LogP contribution is -2.60. The Balaban J connectivity index is 3.33. The number of ether oxygens (including phenoxy) is 2. The molecule has 0 bridgehead atoms. The van der Waals surface area contributed by atoms with Crippen molar-refractivity contribution in [3.05, 3.63) is 65.2 Å². The number of benzene rings is 1. The van der Waals surface area contributed by atoms with E-state index in [0.717, 1.165) is 5.56 Å². The molecule has 346 valence electrons. The van der Waals surface area contributed by atoms with Gasteiger partial charge in [0.05, 0.1) is 0 Å². The molecule has 0 radical (unpaired) electrons. The van der Waals surface area contributed by atoms with Crippen LogP contribution in [0.15, 0.2) is 54.6 Å². The highest BCUT2D eigenvalue weighted by molar-refractivity contribution is 6.30. The Kier molecular flexibility index (Phi) is 23.6. The van der Waals surface area contributed by atoms with Crippen LogP contribution in [0.5, 0.6) is 0 Å². The number of rotatable bonds is 24. The van der Waals surface area contributed by atoms with E-state index in [2.05, 4.69) is 38.5 Å². The van der Waals surface area contributed by atoms with Crippen LogP contribution in [0.1, 0.15) is 113 Å². The number of nitrogens with one attached hydrogen (secondary N) is 6. The van der Waals surface area contributed by atoms with Crippen LogP contribution in [0, 0.1) is 5.92 Å². The third kappa shape index (κ3) is 23.5. The maximum atomic E-state index is 14.0. The number of nitrogens with two attached hydrogens (primary N) is 1. The fourth-order valence-electron chi connectivity index (χ4n) is 5.53. The molecular weight excluding hydrogens is 822 g/mol. The number of carboxylic acids is 1. The van der Waals surface area contributed by atoms with Crippen molar-refractivity contribution >= 4 is 59.0 Å². The van der Waals surface area contributed by atoms with Crippen LogP contribution < -0.4 is 37.6 Å². The lowest BCUT2D eigenvalue weighted by molar-refractivity contribution is -0.142. The average Bonchev–Trinajstić information content (AvgIpc) is 3.15. The molecule has 0 unspecified atom stereocenters. The fourth-order valence-corrected chi connectivity index (χ4v) is 5.65. The molecule has 62 heavy (non-hydrogen) atoms. The highest BCUT2D eigenvalue weighted by atomic mass is 35.5. The Morgan fingerprint density at radius 3 is 1.65 bits per heavy atom. The second-order valence-electron chi connectivity index (χ2n) is 17.1. The predicted molar refractivity (Wildman–Crippen MR) is 239 cm³/mol. The second kappa shape index (κ2) is 26.8. The molecule has 0 aliphatic rings. The molecule has 0 saturated heterocycles. The van der Waals surface area contributed by atoms with E-state index in [1.165, 1.54) is 0 Å². The van der Waals surface area contributed by atoms with Crippen LogP contribution in [0.25, 0.3) is 5.57 Å². The highest BCUT2D eigenvalue weighted by Gasteiger charge is 2.30. The van der Waals surface area contributed by atoms with Crippen molar-refractivity contribution in [1.82, 2.24) is 31.9 Å². The molecule has 0 heterocycles. The number of carbonyl (C=O) groups excluding carboxylic acids is 6. The molecule has 0 saturated carbocycles. The van der Waals surface area contributed by atoms with Crippen molar-refractivity contribution in [3.8, 4) is 0 Å². The van der Waals surface area contributed by atoms with Gasteiger partial charge >= 0.3 is 18.2 Å². The Bertz CT molecular complexity index is 1750. The lowest BCUT2D eigenvalue weighted by Gasteiger charge is -2.25. The topological polar surface area (TPSA) is 256 Å². The van der Waals surface area contributed by atoms with Gasteiger partial charge in [-0.25, -0.2) is 14.4 Å². The number of unbranched alkanes of at least 4 members (excludes halogenated alkanes) is 2. The van der Waals surface area contributed by atoms with Gasteiger partial charge in [0.2, 0.25) is 17.7 Å². The highest BCUT2D eigenvalue weighted by Crippen LogP contribution is 2.19. The Labute approximate surface area is 370 Å². The summed E-state index contributed by atoms with van der Waals surface area (Å²) in [5.41, 5.74) is 6.38. The minimum atomic E-state index is -1.67. The smallest absolute Gasteiger partial charge is 0.407 e. The van der Waals surface area contributed by atoms with E-state index in [9.17, 15) is 38.7 Å². The number of carboxylic acid groups (broad SMARTS) is 1. The zero-order valence-electron chi connectivity index (χ0n) is 37.6. The van der Waals surface area contributed by atoms with Gasteiger partial charge in [-0.3, -0.25) is 19.2 Å². The lowest BCUT2D eigenvalue weighted by atomic mass is 10.0. The summed E-state index contributed by atoms with van der Waals surface area (Å²) in [6, 6.07) is 3.36. The maximum absolute atomic E-state index is 14.0. The van der Waals surface area contributed by atoms with Crippen molar-refractivity contribution in [2.75, 3.05) is 13.1 Å². The van der Waals surface area contributed by atoms with Gasteiger partial charge in [-0.05, 0) is 123 Å². The summed E-state index contributed by atoms with van der Waals surface area (Å²) in [6.07, 6.45) is 3.65. The van der Waals surface area contributed by atoms with Crippen LogP contribution >= 0.6 is 11.6 Å². The first-order chi connectivity index (χ1) is 28.8. The normalized spacial score (nSPS) is 14.0. The van der Waals surface area contributed by atoms with Gasteiger partial charge in [-0.15, -0.1) is 0 Å². The number of aliphatic carboxylic acids is 1. The van der Waals surface area contributed by atoms with Gasteiger partial charge in [0, 0.05) is 23.7 Å². The van der Waals surface area contributed by atoms with Gasteiger partial charge in [-0.2, -0.15) is 0 Å². The number of amides is 6. The predicted octanol–water partition coefficient (Wildman–Crippen LogP) is 5.23. The van der Waals surface area contributed by atoms with Gasteiger partial charge in [0.1, 0.15) is 29.3 Å². The van der Waals surface area contributed by atoms with E-state index in [1.807, 2.05) is 0 Å². The number of carbonyl (C=O) groups is 7. The van der Waals surface area contributed by atoms with E-state index in [4.69, 9.17) is 26.8 Å². The molecule has 4 atom stereocenters. The Morgan fingerprint density at radius 1 is 0.726 bits per heavy atom. The summed E-state index contributed by atoms with van der Waals surface area (Å²) in [5, 5.41) is 25.6. The quantitative estimate of drug-likeness (QED) is 0.0289.